The number of nitrogens with zero attached hydrogens (tertiary/aromatic N) is 2. The van der Waals surface area contributed by atoms with E-state index in [-0.39, 0.29) is 12.5 Å². The molecule has 2 N–H and O–H groups in total. The zero-order chi connectivity index (χ0) is 21.1. The van der Waals surface area contributed by atoms with Crippen LogP contribution in [-0.4, -0.2) is 47.4 Å². The van der Waals surface area contributed by atoms with Gasteiger partial charge in [0.05, 0.1) is 6.54 Å². The van der Waals surface area contributed by atoms with E-state index >= 15 is 0 Å². The molecule has 4 amide bonds. The molecule has 0 aliphatic carbocycles. The minimum Gasteiger partial charge on any atom is -0.314 e. The minimum atomic E-state index is -1.38. The molecule has 2 heterocycles. The van der Waals surface area contributed by atoms with E-state index in [0.717, 1.165) is 30.9 Å². The number of amides is 4. The van der Waals surface area contributed by atoms with Gasteiger partial charge in [0.25, 0.3) is 11.8 Å². The number of urea groups is 1. The van der Waals surface area contributed by atoms with Crippen LogP contribution in [0.5, 0.6) is 0 Å². The average Bonchev–Trinajstić information content (AvgIpc) is 3.00. The molecular weight excluding hydrogens is 380 g/mol. The van der Waals surface area contributed by atoms with E-state index in [0.29, 0.717) is 17.0 Å². The van der Waals surface area contributed by atoms with Crippen molar-refractivity contribution in [1.82, 2.24) is 20.7 Å². The number of likely N-dealkylation sites (tertiary alicyclic amines) is 1. The maximum absolute atomic E-state index is 13.5. The highest BCUT2D eigenvalue weighted by atomic mass is 16.2. The highest BCUT2D eigenvalue weighted by Crippen LogP contribution is 2.35. The summed E-state index contributed by atoms with van der Waals surface area (Å²) in [5, 5.41) is 3.64. The summed E-state index contributed by atoms with van der Waals surface area (Å²) < 4.78 is 0. The maximum atomic E-state index is 13.5. The Hall–Kier alpha value is -3.19. The summed E-state index contributed by atoms with van der Waals surface area (Å²) in [5.41, 5.74) is 2.41. The summed E-state index contributed by atoms with van der Waals surface area (Å²) in [5.74, 6) is -0.359. The molecule has 4 rings (SSSR count). The summed E-state index contributed by atoms with van der Waals surface area (Å²) in [6, 6.07) is 17.5. The number of carbonyl (C=O) groups is 3. The highest BCUT2D eigenvalue weighted by Gasteiger charge is 2.54. The van der Waals surface area contributed by atoms with Gasteiger partial charge in [-0.15, -0.1) is 0 Å². The van der Waals surface area contributed by atoms with E-state index in [1.165, 1.54) is 0 Å². The monoisotopic (exact) mass is 406 g/mol. The van der Waals surface area contributed by atoms with Crippen LogP contribution in [0.2, 0.25) is 0 Å². The predicted molar refractivity (Wildman–Crippen MR) is 112 cm³/mol. The number of hydrogen-bond acceptors (Lipinski definition) is 4. The van der Waals surface area contributed by atoms with Crippen LogP contribution in [0, 0.1) is 5.92 Å². The number of hydrogen-bond donors (Lipinski definition) is 2. The van der Waals surface area contributed by atoms with Gasteiger partial charge in [-0.1, -0.05) is 67.6 Å². The van der Waals surface area contributed by atoms with Gasteiger partial charge in [0, 0.05) is 6.54 Å². The number of nitrogens with one attached hydrogen (secondary N) is 2. The molecule has 2 saturated heterocycles. The number of imide groups is 1. The topological polar surface area (TPSA) is 81.8 Å². The molecule has 0 aromatic heterocycles. The van der Waals surface area contributed by atoms with Gasteiger partial charge in [-0.05, 0) is 36.4 Å². The molecule has 7 nitrogen and oxygen atoms in total. The SMILES string of the molecule is C[C@@H]1CCCN(CC(=O)NN2C(=O)NC(c3ccccc3)(c3ccccc3)C2=O)C1. The number of hydrazine groups is 1. The molecule has 0 saturated carbocycles. The fraction of sp³-hybridized carbons (Fsp3) is 0.348. The average molecular weight is 406 g/mol. The molecule has 0 radical (unpaired) electrons. The van der Waals surface area contributed by atoms with E-state index in [1.54, 1.807) is 24.3 Å². The smallest absolute Gasteiger partial charge is 0.314 e. The van der Waals surface area contributed by atoms with Crippen molar-refractivity contribution in [3.05, 3.63) is 71.8 Å². The molecule has 1 atom stereocenters. The van der Waals surface area contributed by atoms with Gasteiger partial charge in [-0.2, -0.15) is 5.01 Å². The molecule has 30 heavy (non-hydrogen) atoms. The lowest BCUT2D eigenvalue weighted by atomic mass is 9.83. The molecule has 2 aromatic rings. The molecule has 0 bridgehead atoms. The third-order valence-corrected chi connectivity index (χ3v) is 5.78. The Morgan fingerprint density at radius 3 is 2.23 bits per heavy atom. The van der Waals surface area contributed by atoms with Crippen LogP contribution < -0.4 is 10.7 Å². The summed E-state index contributed by atoms with van der Waals surface area (Å²) in [4.78, 5) is 41.0. The van der Waals surface area contributed by atoms with Crippen molar-refractivity contribution in [1.29, 1.82) is 0 Å². The standard InChI is InChI=1S/C23H26N4O3/c1-17-9-8-14-26(15-17)16-20(28)25-27-21(29)23(24-22(27)30,18-10-4-2-5-11-18)19-12-6-3-7-13-19/h2-7,10-13,17H,8-9,14-16H2,1H3,(H,24,30)(H,25,28)/t17-/m1/s1. The Morgan fingerprint density at radius 1 is 1.07 bits per heavy atom. The minimum absolute atomic E-state index is 0.158. The van der Waals surface area contributed by atoms with Crippen LogP contribution in [-0.2, 0) is 15.1 Å². The van der Waals surface area contributed by atoms with Crippen molar-refractivity contribution in [3.8, 4) is 0 Å². The molecule has 2 aliphatic heterocycles. The largest absolute Gasteiger partial charge is 0.344 e. The Bertz CT molecular complexity index is 892. The van der Waals surface area contributed by atoms with Crippen LogP contribution in [0.3, 0.4) is 0 Å². The fourth-order valence-corrected chi connectivity index (χ4v) is 4.36. The Kier molecular flexibility index (Phi) is 5.55. The second kappa shape index (κ2) is 8.28. The molecule has 0 unspecified atom stereocenters. The first kappa shape index (κ1) is 20.1. The van der Waals surface area contributed by atoms with Gasteiger partial charge in [0.2, 0.25) is 0 Å². The molecule has 156 valence electrons. The van der Waals surface area contributed by atoms with Crippen molar-refractivity contribution in [2.24, 2.45) is 5.92 Å². The lowest BCUT2D eigenvalue weighted by molar-refractivity contribution is -0.139. The molecular formula is C23H26N4O3. The van der Waals surface area contributed by atoms with Crippen LogP contribution >= 0.6 is 0 Å². The van der Waals surface area contributed by atoms with E-state index in [1.807, 2.05) is 36.4 Å². The quantitative estimate of drug-likeness (QED) is 0.747. The zero-order valence-corrected chi connectivity index (χ0v) is 17.0. The van der Waals surface area contributed by atoms with Gasteiger partial charge >= 0.3 is 6.03 Å². The Balaban J connectivity index is 1.59. The first-order valence-electron chi connectivity index (χ1n) is 10.3. The van der Waals surface area contributed by atoms with E-state index in [9.17, 15) is 14.4 Å². The molecule has 2 aliphatic rings. The second-order valence-corrected chi connectivity index (χ2v) is 8.07. The number of rotatable bonds is 5. The lowest BCUT2D eigenvalue weighted by Gasteiger charge is -2.30. The summed E-state index contributed by atoms with van der Waals surface area (Å²) in [6.45, 7) is 4.00. The van der Waals surface area contributed by atoms with Crippen LogP contribution in [0.25, 0.3) is 0 Å². The summed E-state index contributed by atoms with van der Waals surface area (Å²) >= 11 is 0. The van der Waals surface area contributed by atoms with Gasteiger partial charge in [0.15, 0.2) is 5.54 Å². The maximum Gasteiger partial charge on any atom is 0.344 e. The molecule has 7 heteroatoms. The molecule has 2 fully saturated rings. The Labute approximate surface area is 176 Å². The van der Waals surface area contributed by atoms with Crippen molar-refractivity contribution in [2.45, 2.75) is 25.3 Å². The third-order valence-electron chi connectivity index (χ3n) is 5.78. The van der Waals surface area contributed by atoms with Gasteiger partial charge in [0.1, 0.15) is 0 Å². The van der Waals surface area contributed by atoms with E-state index < -0.39 is 17.5 Å². The zero-order valence-electron chi connectivity index (χ0n) is 17.0. The Morgan fingerprint density at radius 2 is 1.67 bits per heavy atom. The van der Waals surface area contributed by atoms with Crippen LogP contribution in [0.4, 0.5) is 4.79 Å². The second-order valence-electron chi connectivity index (χ2n) is 8.07. The molecule has 2 aromatic carbocycles. The van der Waals surface area contributed by atoms with E-state index in [4.69, 9.17) is 0 Å². The highest BCUT2D eigenvalue weighted by molar-refractivity contribution is 6.10. The van der Waals surface area contributed by atoms with Crippen molar-refractivity contribution in [2.75, 3.05) is 19.6 Å². The van der Waals surface area contributed by atoms with Gasteiger partial charge < -0.3 is 5.32 Å². The van der Waals surface area contributed by atoms with E-state index in [2.05, 4.69) is 22.6 Å². The number of piperidine rings is 1. The van der Waals surface area contributed by atoms with Crippen molar-refractivity contribution >= 4 is 17.8 Å². The van der Waals surface area contributed by atoms with Gasteiger partial charge in [-0.3, -0.25) is 19.9 Å². The van der Waals surface area contributed by atoms with Crippen molar-refractivity contribution in [3.63, 3.8) is 0 Å². The van der Waals surface area contributed by atoms with Crippen LogP contribution in [0.1, 0.15) is 30.9 Å². The first-order chi connectivity index (χ1) is 14.5. The van der Waals surface area contributed by atoms with Gasteiger partial charge in [-0.25, -0.2) is 4.79 Å². The normalized spacial score (nSPS) is 21.4. The van der Waals surface area contributed by atoms with Crippen LogP contribution in [0.15, 0.2) is 60.7 Å². The summed E-state index contributed by atoms with van der Waals surface area (Å²) in [6.07, 6.45) is 2.20. The first-order valence-corrected chi connectivity index (χ1v) is 10.3. The predicted octanol–water partition coefficient (Wildman–Crippen LogP) is 2.25. The lowest BCUT2D eigenvalue weighted by Crippen LogP contribution is -2.52. The fourth-order valence-electron chi connectivity index (χ4n) is 4.36. The third kappa shape index (κ3) is 3.68. The number of benzene rings is 2. The van der Waals surface area contributed by atoms with Crippen molar-refractivity contribution < 1.29 is 14.4 Å². The summed E-state index contributed by atoms with van der Waals surface area (Å²) in [7, 11) is 0. The number of carbonyl (C=O) groups excluding carboxylic acids is 3. The molecule has 0 spiro atoms.